The van der Waals surface area contributed by atoms with Crippen molar-refractivity contribution in [1.29, 1.82) is 0 Å². The Bertz CT molecular complexity index is 394. The normalized spacial score (nSPS) is 13.8. The maximum atomic E-state index is 10.4. The van der Waals surface area contributed by atoms with E-state index >= 15 is 0 Å². The summed E-state index contributed by atoms with van der Waals surface area (Å²) in [5.74, 6) is -0.760. The van der Waals surface area contributed by atoms with Crippen molar-refractivity contribution in [1.82, 2.24) is 0 Å². The summed E-state index contributed by atoms with van der Waals surface area (Å²) in [5.41, 5.74) is 5.86. The summed E-state index contributed by atoms with van der Waals surface area (Å²) >= 11 is 0. The van der Waals surface area contributed by atoms with Gasteiger partial charge in [0.15, 0.2) is 0 Å². The highest BCUT2D eigenvalue weighted by Gasteiger charge is 2.00. The molecule has 1 atom stereocenters. The van der Waals surface area contributed by atoms with Gasteiger partial charge in [-0.05, 0) is 38.5 Å². The molecule has 3 N–H and O–H groups in total. The molecule has 0 rings (SSSR count). The first-order chi connectivity index (χ1) is 11.2. The highest BCUT2D eigenvalue weighted by atomic mass is 16.4. The quantitative estimate of drug-likeness (QED) is 0.264. The lowest BCUT2D eigenvalue weighted by atomic mass is 10.1. The third-order valence-electron chi connectivity index (χ3n) is 3.39. The van der Waals surface area contributed by atoms with E-state index in [1.807, 2.05) is 18.2 Å². The van der Waals surface area contributed by atoms with E-state index in [0.717, 1.165) is 12.8 Å². The summed E-state index contributed by atoms with van der Waals surface area (Å²) in [7, 11) is 0. The molecule has 0 aliphatic carbocycles. The second-order valence-electron chi connectivity index (χ2n) is 5.67. The van der Waals surface area contributed by atoms with Gasteiger partial charge in [0.2, 0.25) is 0 Å². The number of carboxylic acid groups (broad SMARTS) is 1. The molecule has 0 aromatic rings. The molecule has 3 heteroatoms. The van der Waals surface area contributed by atoms with Crippen molar-refractivity contribution in [3.05, 3.63) is 48.6 Å². The Balaban J connectivity index is 3.59. The molecule has 1 unspecified atom stereocenters. The summed E-state index contributed by atoms with van der Waals surface area (Å²) in [5, 5.41) is 8.54. The molecule has 0 aliphatic rings. The van der Waals surface area contributed by atoms with Crippen molar-refractivity contribution in [2.45, 2.75) is 70.8 Å². The lowest BCUT2D eigenvalue weighted by Crippen LogP contribution is -2.16. The fraction of sp³-hybridized carbons (Fsp3) is 0.550. The van der Waals surface area contributed by atoms with E-state index in [0.29, 0.717) is 12.8 Å². The smallest absolute Gasteiger partial charge is 0.303 e. The predicted octanol–water partition coefficient (Wildman–Crippen LogP) is 5.15. The molecule has 3 nitrogen and oxygen atoms in total. The highest BCUT2D eigenvalue weighted by Crippen LogP contribution is 2.01. The van der Waals surface area contributed by atoms with E-state index < -0.39 is 5.97 Å². The minimum atomic E-state index is -0.760. The second kappa shape index (κ2) is 16.8. The number of allylic oxidation sites excluding steroid dienone is 7. The summed E-state index contributed by atoms with van der Waals surface area (Å²) in [6.45, 7) is 2.22. The summed E-state index contributed by atoms with van der Waals surface area (Å²) in [4.78, 5) is 10.4. The van der Waals surface area contributed by atoms with Crippen LogP contribution in [0.3, 0.4) is 0 Å². The van der Waals surface area contributed by atoms with E-state index in [2.05, 4.69) is 37.3 Å². The zero-order valence-corrected chi connectivity index (χ0v) is 14.5. The molecular formula is C20H33NO2. The van der Waals surface area contributed by atoms with Gasteiger partial charge in [-0.25, -0.2) is 0 Å². The molecule has 0 amide bonds. The van der Waals surface area contributed by atoms with E-state index in [1.165, 1.54) is 25.7 Å². The molecule has 0 radical (unpaired) electrons. The zero-order chi connectivity index (χ0) is 17.2. The summed E-state index contributed by atoms with van der Waals surface area (Å²) in [6.07, 6.45) is 25.3. The van der Waals surface area contributed by atoms with Crippen LogP contribution in [0.25, 0.3) is 0 Å². The number of hydrogen-bond donors (Lipinski definition) is 2. The van der Waals surface area contributed by atoms with Gasteiger partial charge >= 0.3 is 5.97 Å². The fourth-order valence-electron chi connectivity index (χ4n) is 2.03. The van der Waals surface area contributed by atoms with Gasteiger partial charge in [0.1, 0.15) is 0 Å². The van der Waals surface area contributed by atoms with E-state index in [4.69, 9.17) is 10.8 Å². The molecule has 0 saturated carbocycles. The maximum Gasteiger partial charge on any atom is 0.303 e. The van der Waals surface area contributed by atoms with Crippen LogP contribution in [0.15, 0.2) is 48.6 Å². The number of hydrogen-bond acceptors (Lipinski definition) is 2. The lowest BCUT2D eigenvalue weighted by Gasteiger charge is -2.03. The van der Waals surface area contributed by atoms with Gasteiger partial charge in [-0.1, -0.05) is 68.4 Å². The van der Waals surface area contributed by atoms with Crippen LogP contribution in [0, 0.1) is 0 Å². The molecule has 0 saturated heterocycles. The second-order valence-corrected chi connectivity index (χ2v) is 5.67. The van der Waals surface area contributed by atoms with Gasteiger partial charge in [0, 0.05) is 12.5 Å². The standard InChI is InChI=1S/C20H33NO2/c1-2-3-4-5-6-7-8-9-10-11-12-13-14-16-19(21)17-15-18-20(22)23/h6-7,9-10,12-14,16,19H,2-5,8,11,15,17-18,21H2,1H3,(H,22,23)/b7-6-,10-9-,13-12-,16-14+. The van der Waals surface area contributed by atoms with Crippen LogP contribution in [0.5, 0.6) is 0 Å². The Morgan fingerprint density at radius 2 is 1.70 bits per heavy atom. The summed E-state index contributed by atoms with van der Waals surface area (Å²) < 4.78 is 0. The average molecular weight is 319 g/mol. The van der Waals surface area contributed by atoms with E-state index in [1.54, 1.807) is 0 Å². The number of carbonyl (C=O) groups is 1. The topological polar surface area (TPSA) is 63.3 Å². The van der Waals surface area contributed by atoms with Crippen LogP contribution < -0.4 is 5.73 Å². The molecule has 0 bridgehead atoms. The van der Waals surface area contributed by atoms with Crippen LogP contribution >= 0.6 is 0 Å². The first-order valence-corrected chi connectivity index (χ1v) is 8.77. The molecule has 0 aliphatic heterocycles. The Morgan fingerprint density at radius 1 is 1.00 bits per heavy atom. The van der Waals surface area contributed by atoms with Crippen molar-refractivity contribution in [2.24, 2.45) is 5.73 Å². The van der Waals surface area contributed by atoms with Crippen LogP contribution in [0.1, 0.15) is 64.7 Å². The summed E-state index contributed by atoms with van der Waals surface area (Å²) in [6, 6.07) is -0.0626. The van der Waals surface area contributed by atoms with Crippen LogP contribution in [-0.2, 0) is 4.79 Å². The first-order valence-electron chi connectivity index (χ1n) is 8.77. The van der Waals surface area contributed by atoms with Crippen molar-refractivity contribution < 1.29 is 9.90 Å². The van der Waals surface area contributed by atoms with E-state index in [9.17, 15) is 4.79 Å². The average Bonchev–Trinajstić information content (AvgIpc) is 2.51. The third-order valence-corrected chi connectivity index (χ3v) is 3.39. The van der Waals surface area contributed by atoms with Gasteiger partial charge in [-0.3, -0.25) is 4.79 Å². The number of unbranched alkanes of at least 4 members (excludes halogenated alkanes) is 3. The number of aliphatic carboxylic acids is 1. The Morgan fingerprint density at radius 3 is 2.39 bits per heavy atom. The molecule has 0 fully saturated rings. The molecule has 0 aromatic carbocycles. The molecule has 23 heavy (non-hydrogen) atoms. The molecule has 0 aromatic heterocycles. The van der Waals surface area contributed by atoms with Crippen molar-refractivity contribution in [2.75, 3.05) is 0 Å². The Kier molecular flexibility index (Phi) is 15.6. The van der Waals surface area contributed by atoms with Crippen LogP contribution in [0.2, 0.25) is 0 Å². The largest absolute Gasteiger partial charge is 0.481 e. The van der Waals surface area contributed by atoms with Crippen LogP contribution in [-0.4, -0.2) is 17.1 Å². The fourth-order valence-corrected chi connectivity index (χ4v) is 2.03. The van der Waals surface area contributed by atoms with Crippen molar-refractivity contribution >= 4 is 5.97 Å². The van der Waals surface area contributed by atoms with Gasteiger partial charge in [0.05, 0.1) is 0 Å². The van der Waals surface area contributed by atoms with Crippen molar-refractivity contribution in [3.63, 3.8) is 0 Å². The molecule has 0 spiro atoms. The Hall–Kier alpha value is -1.61. The predicted molar refractivity (Wildman–Crippen MR) is 99.4 cm³/mol. The van der Waals surface area contributed by atoms with Crippen molar-refractivity contribution in [3.8, 4) is 0 Å². The minimum absolute atomic E-state index is 0.0626. The number of rotatable bonds is 14. The SMILES string of the molecule is CCCCC/C=C\C/C=C\C/C=C\C=C\C(N)CCCC(=O)O. The first kappa shape index (κ1) is 21.4. The molecule has 130 valence electrons. The zero-order valence-electron chi connectivity index (χ0n) is 14.5. The van der Waals surface area contributed by atoms with Gasteiger partial charge in [-0.15, -0.1) is 0 Å². The van der Waals surface area contributed by atoms with E-state index in [-0.39, 0.29) is 12.5 Å². The monoisotopic (exact) mass is 319 g/mol. The number of carboxylic acids is 1. The Labute approximate surface area is 141 Å². The highest BCUT2D eigenvalue weighted by molar-refractivity contribution is 5.66. The lowest BCUT2D eigenvalue weighted by molar-refractivity contribution is -0.137. The van der Waals surface area contributed by atoms with Gasteiger partial charge in [-0.2, -0.15) is 0 Å². The minimum Gasteiger partial charge on any atom is -0.481 e. The van der Waals surface area contributed by atoms with Gasteiger partial charge < -0.3 is 10.8 Å². The molecule has 0 heterocycles. The number of nitrogens with two attached hydrogens (primary N) is 1. The van der Waals surface area contributed by atoms with Crippen LogP contribution in [0.4, 0.5) is 0 Å². The molecular weight excluding hydrogens is 286 g/mol. The maximum absolute atomic E-state index is 10.4. The van der Waals surface area contributed by atoms with Gasteiger partial charge in [0.25, 0.3) is 0 Å². The third kappa shape index (κ3) is 18.3.